The van der Waals surface area contributed by atoms with E-state index in [-0.39, 0.29) is 23.5 Å². The van der Waals surface area contributed by atoms with Crippen molar-refractivity contribution in [2.24, 2.45) is 11.8 Å². The minimum atomic E-state index is -4.13. The number of Topliss-reactive ketones (excluding diaryl/α,β-unsaturated/α-hetero) is 1. The fourth-order valence-electron chi connectivity index (χ4n) is 4.44. The predicted octanol–water partition coefficient (Wildman–Crippen LogP) is 5.32. The van der Waals surface area contributed by atoms with Crippen LogP contribution in [0.2, 0.25) is 0 Å². The number of ketones is 1. The topological polar surface area (TPSA) is 125 Å². The van der Waals surface area contributed by atoms with Crippen LogP contribution in [0.25, 0.3) is 0 Å². The van der Waals surface area contributed by atoms with Gasteiger partial charge in [0, 0.05) is 10.4 Å². The monoisotopic (exact) mass is 615 g/mol. The van der Waals surface area contributed by atoms with Gasteiger partial charge in [0.15, 0.2) is 5.78 Å². The zero-order chi connectivity index (χ0) is 28.5. The smallest absolute Gasteiger partial charge is 0.408 e. The van der Waals surface area contributed by atoms with E-state index in [0.29, 0.717) is 17.3 Å². The molecule has 4 atom stereocenters. The Balaban J connectivity index is 2.22. The lowest BCUT2D eigenvalue weighted by Gasteiger charge is -2.26. The molecule has 1 aliphatic carbocycles. The number of rotatable bonds is 13. The van der Waals surface area contributed by atoms with E-state index in [1.54, 1.807) is 32.9 Å². The first-order chi connectivity index (χ1) is 17.8. The van der Waals surface area contributed by atoms with Crippen molar-refractivity contribution in [1.29, 1.82) is 0 Å². The molecule has 0 aliphatic heterocycles. The van der Waals surface area contributed by atoms with Gasteiger partial charge in [-0.25, -0.2) is 4.79 Å². The van der Waals surface area contributed by atoms with Crippen LogP contribution in [0.4, 0.5) is 4.79 Å². The molecule has 1 aromatic carbocycles. The second kappa shape index (κ2) is 14.2. The lowest BCUT2D eigenvalue weighted by Crippen LogP contribution is -2.46. The maximum Gasteiger partial charge on any atom is 0.408 e. The molecule has 0 spiro atoms. The summed E-state index contributed by atoms with van der Waals surface area (Å²) in [5, 5.41) is 2.67. The molecule has 1 unspecified atom stereocenters. The number of halogens is 1. The van der Waals surface area contributed by atoms with E-state index in [2.05, 4.69) is 27.8 Å². The van der Waals surface area contributed by atoms with Crippen LogP contribution in [0.3, 0.4) is 0 Å². The van der Waals surface area contributed by atoms with E-state index in [0.717, 1.165) is 19.3 Å². The predicted molar refractivity (Wildman–Crippen MR) is 146 cm³/mol. The molecule has 1 aliphatic rings. The lowest BCUT2D eigenvalue weighted by atomic mass is 9.86. The van der Waals surface area contributed by atoms with Crippen LogP contribution in [-0.4, -0.2) is 51.1 Å². The normalized spacial score (nSPS) is 20.4. The largest absolute Gasteiger partial charge is 0.469 e. The molecule has 1 amide bonds. The molecule has 0 saturated heterocycles. The van der Waals surface area contributed by atoms with Gasteiger partial charge in [0.1, 0.15) is 5.60 Å². The van der Waals surface area contributed by atoms with Gasteiger partial charge in [0.05, 0.1) is 30.1 Å². The Hall–Kier alpha value is -2.24. The molecule has 0 heterocycles. The number of alkyl carbamates (subject to hydrolysis) is 1. The van der Waals surface area contributed by atoms with Gasteiger partial charge in [-0.2, -0.15) is 8.42 Å². The molecular formula is C27H38BrNO8S. The summed E-state index contributed by atoms with van der Waals surface area (Å²) in [5.41, 5.74) is -0.760. The van der Waals surface area contributed by atoms with Gasteiger partial charge < -0.3 is 14.8 Å². The van der Waals surface area contributed by atoms with Gasteiger partial charge in [0.2, 0.25) is 0 Å². The van der Waals surface area contributed by atoms with Gasteiger partial charge in [-0.3, -0.25) is 13.8 Å². The molecule has 1 N–H and O–H groups in total. The average Bonchev–Trinajstić information content (AvgIpc) is 3.24. The Kier molecular flexibility index (Phi) is 12.0. The van der Waals surface area contributed by atoms with Crippen LogP contribution >= 0.6 is 15.9 Å². The number of esters is 1. The highest BCUT2D eigenvalue weighted by atomic mass is 79.9. The second-order valence-corrected chi connectivity index (χ2v) is 12.8. The molecule has 1 aromatic rings. The van der Waals surface area contributed by atoms with Crippen LogP contribution < -0.4 is 5.32 Å². The average molecular weight is 617 g/mol. The van der Waals surface area contributed by atoms with Crippen molar-refractivity contribution in [3.8, 4) is 0 Å². The number of ether oxygens (including phenoxy) is 2. The van der Waals surface area contributed by atoms with E-state index in [1.807, 2.05) is 6.08 Å². The summed E-state index contributed by atoms with van der Waals surface area (Å²) in [6, 6.07) is 5.06. The summed E-state index contributed by atoms with van der Waals surface area (Å²) < 4.78 is 42.1. The summed E-state index contributed by atoms with van der Waals surface area (Å²) in [5.74, 6) is -2.79. The van der Waals surface area contributed by atoms with Gasteiger partial charge in [-0.05, 0) is 77.1 Å². The molecule has 1 fully saturated rings. The van der Waals surface area contributed by atoms with Crippen LogP contribution in [0.1, 0.15) is 65.7 Å². The summed E-state index contributed by atoms with van der Waals surface area (Å²) in [6.45, 7) is 8.86. The number of hydrogen-bond donors (Lipinski definition) is 1. The molecule has 9 nitrogen and oxygen atoms in total. The van der Waals surface area contributed by atoms with E-state index in [9.17, 15) is 22.8 Å². The minimum Gasteiger partial charge on any atom is -0.469 e. The number of benzene rings is 1. The summed E-state index contributed by atoms with van der Waals surface area (Å²) in [7, 11) is -2.92. The van der Waals surface area contributed by atoms with E-state index in [4.69, 9.17) is 13.7 Å². The maximum atomic E-state index is 13.7. The number of amides is 1. The third-order valence-electron chi connectivity index (χ3n) is 6.19. The summed E-state index contributed by atoms with van der Waals surface area (Å²) >= 11 is 3.26. The molecule has 0 radical (unpaired) electrons. The van der Waals surface area contributed by atoms with Gasteiger partial charge in [0.25, 0.3) is 10.1 Å². The van der Waals surface area contributed by atoms with Crippen molar-refractivity contribution in [3.63, 3.8) is 0 Å². The van der Waals surface area contributed by atoms with Gasteiger partial charge in [-0.15, -0.1) is 6.58 Å². The standard InChI is InChI=1S/C27H38BrNO8S/c1-6-7-8-9-10-11-23(29-26(32)36-27(2,3)4)24(30)21-16-19(17-22(21)25(31)35-5)37-38(33,34)20-14-12-18(28)13-15-20/h6,12-15,19,21-23H,1,7-11,16-17H2,2-5H3,(H,29,32)/t19-,21?,22-,23+/m1/s1. The minimum absolute atomic E-state index is 0.00265. The first-order valence-corrected chi connectivity index (χ1v) is 14.9. The lowest BCUT2D eigenvalue weighted by molar-refractivity contribution is -0.149. The molecular weight excluding hydrogens is 578 g/mol. The Bertz CT molecular complexity index is 1080. The highest BCUT2D eigenvalue weighted by molar-refractivity contribution is 9.10. The molecule has 11 heteroatoms. The molecule has 212 valence electrons. The third kappa shape index (κ3) is 9.81. The molecule has 0 bridgehead atoms. The number of allylic oxidation sites excluding steroid dienone is 1. The summed E-state index contributed by atoms with van der Waals surface area (Å²) in [4.78, 5) is 38.8. The summed E-state index contributed by atoms with van der Waals surface area (Å²) in [6.07, 6.45) is 3.75. The van der Waals surface area contributed by atoms with Gasteiger partial charge >= 0.3 is 12.1 Å². The van der Waals surface area contributed by atoms with E-state index < -0.39 is 51.8 Å². The first-order valence-electron chi connectivity index (χ1n) is 12.7. The Morgan fingerprint density at radius 3 is 2.32 bits per heavy atom. The zero-order valence-corrected chi connectivity index (χ0v) is 24.8. The van der Waals surface area contributed by atoms with Crippen molar-refractivity contribution in [2.75, 3.05) is 7.11 Å². The van der Waals surface area contributed by atoms with Crippen molar-refractivity contribution in [2.45, 2.75) is 88.4 Å². The van der Waals surface area contributed by atoms with E-state index in [1.165, 1.54) is 19.2 Å². The second-order valence-electron chi connectivity index (χ2n) is 10.4. The fraction of sp³-hybridized carbons (Fsp3) is 0.593. The molecule has 38 heavy (non-hydrogen) atoms. The molecule has 2 rings (SSSR count). The number of hydrogen-bond acceptors (Lipinski definition) is 8. The highest BCUT2D eigenvalue weighted by Gasteiger charge is 2.47. The van der Waals surface area contributed by atoms with Gasteiger partial charge in [-0.1, -0.05) is 34.8 Å². The zero-order valence-electron chi connectivity index (χ0n) is 22.4. The van der Waals surface area contributed by atoms with Crippen LogP contribution in [0, 0.1) is 11.8 Å². The van der Waals surface area contributed by atoms with Crippen molar-refractivity contribution in [1.82, 2.24) is 5.32 Å². The first kappa shape index (κ1) is 32.0. The van der Waals surface area contributed by atoms with Crippen molar-refractivity contribution < 1.29 is 36.5 Å². The van der Waals surface area contributed by atoms with Crippen LogP contribution in [0.5, 0.6) is 0 Å². The molecule has 0 aromatic heterocycles. The SMILES string of the molecule is C=CCCCCC[C@H](NC(=O)OC(C)(C)C)C(=O)C1C[C@@H](OS(=O)(=O)c2ccc(Br)cc2)C[C@H]1C(=O)OC. The van der Waals surface area contributed by atoms with Crippen LogP contribution in [0.15, 0.2) is 46.3 Å². The Labute approximate surface area is 233 Å². The Morgan fingerprint density at radius 2 is 1.74 bits per heavy atom. The third-order valence-corrected chi connectivity index (χ3v) is 8.09. The quantitative estimate of drug-likeness (QED) is 0.137. The fourth-order valence-corrected chi connectivity index (χ4v) is 5.80. The van der Waals surface area contributed by atoms with E-state index >= 15 is 0 Å². The maximum absolute atomic E-state index is 13.7. The highest BCUT2D eigenvalue weighted by Crippen LogP contribution is 2.38. The Morgan fingerprint density at radius 1 is 1.11 bits per heavy atom. The van der Waals surface area contributed by atoms with Crippen LogP contribution in [-0.2, 0) is 33.4 Å². The number of nitrogens with one attached hydrogen (secondary N) is 1. The van der Waals surface area contributed by atoms with Crippen molar-refractivity contribution in [3.05, 3.63) is 41.4 Å². The number of unbranched alkanes of at least 4 members (excludes halogenated alkanes) is 3. The number of carbonyl (C=O) groups excluding carboxylic acids is 3. The van der Waals surface area contributed by atoms with Crippen molar-refractivity contribution >= 4 is 43.9 Å². The molecule has 1 saturated carbocycles. The number of methoxy groups -OCH3 is 1. The number of carbonyl (C=O) groups is 3.